The van der Waals surface area contributed by atoms with Gasteiger partial charge in [0.05, 0.1) is 24.1 Å². The van der Waals surface area contributed by atoms with Crippen LogP contribution >= 0.6 is 0 Å². The SMILES string of the molecule is C=C[C@@H]1C[C@]1(NC(=O)[C@@H]1C[C@@H]2CN1C(=O)[C@H](C1CCCC1)CC(=O)O[C@@H]1CCC[C@H]1C/C=C/c1ccc3ccnc(c3c1)O2)C(=O)NS(=O)(=O)C1CC1. The highest BCUT2D eigenvalue weighted by Gasteiger charge is 2.62. The topological polar surface area (TPSA) is 161 Å². The van der Waals surface area contributed by atoms with Gasteiger partial charge in [-0.25, -0.2) is 13.4 Å². The molecule has 13 heteroatoms. The fraction of sp³-hybridized carbons (Fsp3) is 0.575. The van der Waals surface area contributed by atoms with Crippen LogP contribution in [-0.4, -0.2) is 77.6 Å². The summed E-state index contributed by atoms with van der Waals surface area (Å²) < 4.78 is 40.3. The number of rotatable bonds is 7. The van der Waals surface area contributed by atoms with Crippen molar-refractivity contribution in [3.63, 3.8) is 0 Å². The van der Waals surface area contributed by atoms with Crippen LogP contribution in [0.3, 0.4) is 0 Å². The summed E-state index contributed by atoms with van der Waals surface area (Å²) in [4.78, 5) is 62.5. The molecule has 1 aromatic heterocycles. The summed E-state index contributed by atoms with van der Waals surface area (Å²) in [7, 11) is -3.87. The summed E-state index contributed by atoms with van der Waals surface area (Å²) in [5, 5.41) is 3.98. The molecule has 8 rings (SSSR count). The molecule has 282 valence electrons. The third-order valence-electron chi connectivity index (χ3n) is 12.4. The van der Waals surface area contributed by atoms with Crippen molar-refractivity contribution in [3.05, 3.63) is 54.8 Å². The maximum absolute atomic E-state index is 14.8. The predicted octanol–water partition coefficient (Wildman–Crippen LogP) is 4.58. The molecular formula is C40H48N4O8S. The van der Waals surface area contributed by atoms with Gasteiger partial charge in [0.1, 0.15) is 23.8 Å². The summed E-state index contributed by atoms with van der Waals surface area (Å²) in [6, 6.07) is 6.92. The van der Waals surface area contributed by atoms with E-state index in [1.807, 2.05) is 24.3 Å². The van der Waals surface area contributed by atoms with Crippen LogP contribution in [0.15, 0.2) is 49.2 Å². The minimum absolute atomic E-state index is 0.0388. The van der Waals surface area contributed by atoms with Gasteiger partial charge in [-0.2, -0.15) is 0 Å². The van der Waals surface area contributed by atoms with Gasteiger partial charge < -0.3 is 19.7 Å². The van der Waals surface area contributed by atoms with Crippen LogP contribution in [-0.2, 0) is 33.9 Å². The quantitative estimate of drug-likeness (QED) is 0.306. The standard InChI is InChI=1S/C40H48N4O8S/c1-2-28-22-40(28,39(48)43-53(49,50)30-15-16-30)42-36(46)33-20-29-23-44(33)38(47)32(25-8-3-4-9-25)21-35(45)52-34-12-6-11-27(34)10-5-7-24-13-14-26-17-18-41-37(51-29)31(26)19-24/h2,5,7,13-14,17-19,25,27-30,32-34H,1,3-4,6,8-12,15-16,20-23H2,(H,42,46)(H,43,48)/b7-5+/t27-,28-,29-,32+,33+,34-,40-/m1/s1. The van der Waals surface area contributed by atoms with Gasteiger partial charge in [-0.1, -0.05) is 43.2 Å². The van der Waals surface area contributed by atoms with Gasteiger partial charge in [0.15, 0.2) is 0 Å². The van der Waals surface area contributed by atoms with Crippen molar-refractivity contribution in [2.75, 3.05) is 6.54 Å². The molecule has 0 unspecified atom stereocenters. The Hall–Kier alpha value is -4.26. The number of esters is 1. The van der Waals surface area contributed by atoms with E-state index in [2.05, 4.69) is 33.8 Å². The lowest BCUT2D eigenvalue weighted by atomic mass is 9.86. The first-order valence-electron chi connectivity index (χ1n) is 19.3. The molecule has 1 aromatic carbocycles. The fourth-order valence-electron chi connectivity index (χ4n) is 9.14. The van der Waals surface area contributed by atoms with Crippen LogP contribution < -0.4 is 14.8 Å². The average molecular weight is 745 g/mol. The van der Waals surface area contributed by atoms with Crippen LogP contribution in [0.5, 0.6) is 5.88 Å². The first-order chi connectivity index (χ1) is 25.5. The molecule has 3 heterocycles. The molecule has 53 heavy (non-hydrogen) atoms. The van der Waals surface area contributed by atoms with Gasteiger partial charge in [0.2, 0.25) is 27.7 Å². The highest BCUT2D eigenvalue weighted by molar-refractivity contribution is 7.91. The Bertz CT molecular complexity index is 1960. The highest BCUT2D eigenvalue weighted by atomic mass is 32.2. The second kappa shape index (κ2) is 14.2. The maximum atomic E-state index is 14.8. The smallest absolute Gasteiger partial charge is 0.306 e. The van der Waals surface area contributed by atoms with Crippen molar-refractivity contribution >= 4 is 50.6 Å². The summed E-state index contributed by atoms with van der Waals surface area (Å²) >= 11 is 0. The van der Waals surface area contributed by atoms with E-state index in [0.717, 1.165) is 67.7 Å². The number of carbonyl (C=O) groups is 4. The Kier molecular flexibility index (Phi) is 9.57. The predicted molar refractivity (Wildman–Crippen MR) is 196 cm³/mol. The van der Waals surface area contributed by atoms with Gasteiger partial charge in [0, 0.05) is 23.9 Å². The number of ether oxygens (including phenoxy) is 2. The van der Waals surface area contributed by atoms with E-state index in [9.17, 15) is 27.6 Å². The molecule has 5 fully saturated rings. The van der Waals surface area contributed by atoms with Crippen LogP contribution in [0, 0.1) is 23.7 Å². The lowest BCUT2D eigenvalue weighted by molar-refractivity contribution is -0.156. The van der Waals surface area contributed by atoms with E-state index in [-0.39, 0.29) is 49.7 Å². The van der Waals surface area contributed by atoms with Crippen molar-refractivity contribution < 1.29 is 37.1 Å². The molecule has 7 atom stereocenters. The molecule has 3 amide bonds. The Labute approximate surface area is 310 Å². The lowest BCUT2D eigenvalue weighted by Gasteiger charge is -2.31. The average Bonchev–Trinajstić information content (AvgIpc) is 3.93. The number of carbonyl (C=O) groups excluding carboxylic acids is 4. The van der Waals surface area contributed by atoms with Crippen molar-refractivity contribution in [1.29, 1.82) is 0 Å². The molecule has 4 aliphatic carbocycles. The number of hydrogen-bond acceptors (Lipinski definition) is 9. The Morgan fingerprint density at radius 1 is 1.00 bits per heavy atom. The van der Waals surface area contributed by atoms with E-state index in [1.54, 1.807) is 6.20 Å². The van der Waals surface area contributed by atoms with Gasteiger partial charge in [-0.05, 0) is 92.7 Å². The number of hydrogen-bond donors (Lipinski definition) is 2. The molecule has 4 bridgehead atoms. The van der Waals surface area contributed by atoms with Crippen molar-refractivity contribution in [2.45, 2.75) is 113 Å². The molecule has 0 spiro atoms. The zero-order valence-corrected chi connectivity index (χ0v) is 30.7. The Morgan fingerprint density at radius 3 is 2.55 bits per heavy atom. The first kappa shape index (κ1) is 35.8. The summed E-state index contributed by atoms with van der Waals surface area (Å²) in [5.74, 6) is -2.72. The van der Waals surface area contributed by atoms with Crippen LogP contribution in [0.25, 0.3) is 16.8 Å². The van der Waals surface area contributed by atoms with Crippen molar-refractivity contribution in [2.24, 2.45) is 23.7 Å². The monoisotopic (exact) mass is 744 g/mol. The Morgan fingerprint density at radius 2 is 1.79 bits per heavy atom. The van der Waals surface area contributed by atoms with Gasteiger partial charge in [-0.3, -0.25) is 23.9 Å². The number of benzene rings is 1. The first-order valence-corrected chi connectivity index (χ1v) is 20.8. The minimum Gasteiger partial charge on any atom is -0.472 e. The molecule has 2 aromatic rings. The molecule has 12 nitrogen and oxygen atoms in total. The van der Waals surface area contributed by atoms with Crippen molar-refractivity contribution in [3.8, 4) is 5.88 Å². The number of fused-ring (bicyclic) bond motifs is 4. The van der Waals surface area contributed by atoms with E-state index in [4.69, 9.17) is 9.47 Å². The number of allylic oxidation sites excluding steroid dienone is 1. The third-order valence-corrected chi connectivity index (χ3v) is 14.2. The maximum Gasteiger partial charge on any atom is 0.306 e. The number of pyridine rings is 1. The van der Waals surface area contributed by atoms with E-state index in [0.29, 0.717) is 18.7 Å². The molecule has 4 saturated carbocycles. The molecule has 0 radical (unpaired) electrons. The fourth-order valence-corrected chi connectivity index (χ4v) is 10.5. The van der Waals surface area contributed by atoms with E-state index in [1.165, 1.54) is 11.0 Å². The zero-order valence-electron chi connectivity index (χ0n) is 29.9. The number of amides is 3. The second-order valence-electron chi connectivity index (χ2n) is 16.0. The van der Waals surface area contributed by atoms with Crippen molar-refractivity contribution in [1.82, 2.24) is 19.9 Å². The largest absolute Gasteiger partial charge is 0.472 e. The third kappa shape index (κ3) is 7.20. The van der Waals surface area contributed by atoms with Gasteiger partial charge >= 0.3 is 5.97 Å². The van der Waals surface area contributed by atoms with E-state index < -0.39 is 62.6 Å². The van der Waals surface area contributed by atoms with Crippen LogP contribution in [0.2, 0.25) is 0 Å². The molecule has 6 aliphatic rings. The lowest BCUT2D eigenvalue weighted by Crippen LogP contribution is -2.57. The molecule has 2 aliphatic heterocycles. The minimum atomic E-state index is -3.87. The number of nitrogens with one attached hydrogen (secondary N) is 2. The summed E-state index contributed by atoms with van der Waals surface area (Å²) in [5.41, 5.74) is -0.537. The summed E-state index contributed by atoms with van der Waals surface area (Å²) in [6.07, 6.45) is 14.7. The molecular weight excluding hydrogens is 697 g/mol. The number of aromatic nitrogens is 1. The summed E-state index contributed by atoms with van der Waals surface area (Å²) in [6.45, 7) is 3.88. The molecule has 2 N–H and O–H groups in total. The zero-order chi connectivity index (χ0) is 36.9. The van der Waals surface area contributed by atoms with E-state index >= 15 is 0 Å². The molecule has 1 saturated heterocycles. The number of nitrogens with zero attached hydrogens (tertiary/aromatic N) is 2. The highest BCUT2D eigenvalue weighted by Crippen LogP contribution is 2.46. The normalized spacial score (nSPS) is 32.6. The van der Waals surface area contributed by atoms with Crippen LogP contribution in [0.1, 0.15) is 89.0 Å². The van der Waals surface area contributed by atoms with Gasteiger partial charge in [0.25, 0.3) is 5.91 Å². The van der Waals surface area contributed by atoms with Crippen LogP contribution in [0.4, 0.5) is 0 Å². The Balaban J connectivity index is 1.13. The number of sulfonamides is 1. The second-order valence-corrected chi connectivity index (χ2v) is 17.9. The van der Waals surface area contributed by atoms with Gasteiger partial charge in [-0.15, -0.1) is 6.58 Å².